The maximum atomic E-state index is 4.68. The fourth-order valence-electron chi connectivity index (χ4n) is 8.19. The first-order valence-corrected chi connectivity index (χ1v) is 17.9. The van der Waals surface area contributed by atoms with E-state index in [2.05, 4.69) is 168 Å². The van der Waals surface area contributed by atoms with Crippen molar-refractivity contribution in [3.63, 3.8) is 0 Å². The third-order valence-electron chi connectivity index (χ3n) is 11.0. The van der Waals surface area contributed by atoms with Crippen molar-refractivity contribution in [1.82, 2.24) is 14.5 Å². The van der Waals surface area contributed by atoms with Gasteiger partial charge in [-0.1, -0.05) is 123 Å². The third-order valence-corrected chi connectivity index (χ3v) is 11.0. The van der Waals surface area contributed by atoms with E-state index in [4.69, 9.17) is 0 Å². The molecule has 3 heterocycles. The van der Waals surface area contributed by atoms with Crippen LogP contribution in [0.3, 0.4) is 0 Å². The Hall–Kier alpha value is -6.58. The first-order chi connectivity index (χ1) is 25.5. The minimum atomic E-state index is -0.124. The second-order valence-corrected chi connectivity index (χ2v) is 14.3. The van der Waals surface area contributed by atoms with Crippen molar-refractivity contribution in [2.45, 2.75) is 19.3 Å². The first-order valence-electron chi connectivity index (χ1n) is 17.9. The van der Waals surface area contributed by atoms with Crippen molar-refractivity contribution in [2.75, 3.05) is 0 Å². The smallest absolute Gasteiger partial charge is 0.0886 e. The number of para-hydroxylation sites is 2. The Morgan fingerprint density at radius 1 is 0.423 bits per heavy atom. The molecule has 0 amide bonds. The van der Waals surface area contributed by atoms with Crippen molar-refractivity contribution in [3.8, 4) is 61.6 Å². The molecule has 0 aliphatic heterocycles. The Morgan fingerprint density at radius 2 is 0.904 bits per heavy atom. The van der Waals surface area contributed by atoms with E-state index in [-0.39, 0.29) is 5.41 Å². The molecule has 0 atom stereocenters. The van der Waals surface area contributed by atoms with E-state index in [9.17, 15) is 0 Å². The molecule has 1 aliphatic rings. The molecule has 52 heavy (non-hydrogen) atoms. The number of hydrogen-bond acceptors (Lipinski definition) is 2. The molecule has 0 N–H and O–H groups in total. The number of hydrogen-bond donors (Lipinski definition) is 0. The van der Waals surface area contributed by atoms with E-state index in [1.807, 2.05) is 30.5 Å². The van der Waals surface area contributed by atoms with Gasteiger partial charge in [0.15, 0.2) is 0 Å². The van der Waals surface area contributed by atoms with E-state index in [0.717, 1.165) is 22.5 Å². The van der Waals surface area contributed by atoms with Crippen molar-refractivity contribution >= 4 is 21.8 Å². The van der Waals surface area contributed by atoms with Gasteiger partial charge in [0.2, 0.25) is 0 Å². The van der Waals surface area contributed by atoms with Gasteiger partial charge in [-0.25, -0.2) is 0 Å². The fraction of sp³-hybridized carbons (Fsp3) is 0.0612. The average Bonchev–Trinajstić information content (AvgIpc) is 3.66. The Labute approximate surface area is 303 Å². The molecule has 9 aromatic rings. The van der Waals surface area contributed by atoms with Crippen LogP contribution in [-0.4, -0.2) is 14.5 Å². The van der Waals surface area contributed by atoms with Gasteiger partial charge in [-0.05, 0) is 105 Å². The summed E-state index contributed by atoms with van der Waals surface area (Å²) in [4.78, 5) is 9.10. The van der Waals surface area contributed by atoms with E-state index >= 15 is 0 Å². The van der Waals surface area contributed by atoms with Crippen LogP contribution in [0.5, 0.6) is 0 Å². The lowest BCUT2D eigenvalue weighted by Gasteiger charge is -2.22. The van der Waals surface area contributed by atoms with Crippen LogP contribution >= 0.6 is 0 Å². The summed E-state index contributed by atoms with van der Waals surface area (Å²) in [6.45, 7) is 4.72. The lowest BCUT2D eigenvalue weighted by atomic mass is 9.81. The highest BCUT2D eigenvalue weighted by Crippen LogP contribution is 2.50. The third kappa shape index (κ3) is 4.81. The zero-order valence-electron chi connectivity index (χ0n) is 29.1. The monoisotopic (exact) mass is 665 g/mol. The topological polar surface area (TPSA) is 30.7 Å². The van der Waals surface area contributed by atoms with E-state index in [1.54, 1.807) is 6.20 Å². The molecule has 246 valence electrons. The van der Waals surface area contributed by atoms with Crippen LogP contribution in [0.4, 0.5) is 0 Å². The zero-order chi connectivity index (χ0) is 34.8. The van der Waals surface area contributed by atoms with Crippen LogP contribution in [-0.2, 0) is 5.41 Å². The van der Waals surface area contributed by atoms with Crippen molar-refractivity contribution < 1.29 is 0 Å². The molecule has 0 fully saturated rings. The number of rotatable bonds is 5. The number of fused-ring (bicyclic) bond motifs is 6. The summed E-state index contributed by atoms with van der Waals surface area (Å²) >= 11 is 0. The van der Waals surface area contributed by atoms with Gasteiger partial charge in [0.05, 0.1) is 22.4 Å². The van der Waals surface area contributed by atoms with E-state index in [0.29, 0.717) is 0 Å². The van der Waals surface area contributed by atoms with Crippen LogP contribution in [0, 0.1) is 0 Å². The Morgan fingerprint density at radius 3 is 1.44 bits per heavy atom. The van der Waals surface area contributed by atoms with Crippen molar-refractivity contribution in [2.24, 2.45) is 0 Å². The highest BCUT2D eigenvalue weighted by molar-refractivity contribution is 6.09. The summed E-state index contributed by atoms with van der Waals surface area (Å²) in [6, 6.07) is 59.3. The summed E-state index contributed by atoms with van der Waals surface area (Å²) < 4.78 is 2.38. The maximum absolute atomic E-state index is 4.68. The molecule has 0 saturated carbocycles. The maximum Gasteiger partial charge on any atom is 0.0886 e. The zero-order valence-corrected chi connectivity index (χ0v) is 29.1. The van der Waals surface area contributed by atoms with E-state index in [1.165, 1.54) is 72.0 Å². The summed E-state index contributed by atoms with van der Waals surface area (Å²) in [5, 5.41) is 2.56. The van der Waals surface area contributed by atoms with Gasteiger partial charge < -0.3 is 4.57 Å². The van der Waals surface area contributed by atoms with Gasteiger partial charge in [0.25, 0.3) is 0 Å². The van der Waals surface area contributed by atoms with Gasteiger partial charge in [0, 0.05) is 39.8 Å². The van der Waals surface area contributed by atoms with Crippen molar-refractivity contribution in [3.05, 3.63) is 187 Å². The Kier molecular flexibility index (Phi) is 6.84. The fourth-order valence-corrected chi connectivity index (χ4v) is 8.19. The molecule has 6 aromatic carbocycles. The second-order valence-electron chi connectivity index (χ2n) is 14.3. The van der Waals surface area contributed by atoms with E-state index < -0.39 is 0 Å². The molecule has 0 bridgehead atoms. The number of pyridine rings is 2. The van der Waals surface area contributed by atoms with Crippen LogP contribution in [0.2, 0.25) is 0 Å². The Bertz CT molecular complexity index is 2720. The van der Waals surface area contributed by atoms with Gasteiger partial charge in [-0.3, -0.25) is 9.97 Å². The molecule has 3 nitrogen and oxygen atoms in total. The molecule has 0 radical (unpaired) electrons. The standard InChI is InChI=1S/C49H35N3/c1-49(2)43-29-35(32-14-16-34(17-15-32)37-22-27-46(51-31-37)45-11-7-8-28-50-45)20-25-39(43)40-26-21-36(30-44(40)49)33-18-23-38(24-19-33)52-47-12-5-3-9-41(47)42-10-4-6-13-48(42)52/h3-31H,1-2H3. The van der Waals surface area contributed by atoms with Crippen LogP contribution in [0.25, 0.3) is 83.4 Å². The highest BCUT2D eigenvalue weighted by Gasteiger charge is 2.36. The molecule has 3 aromatic heterocycles. The van der Waals surface area contributed by atoms with Crippen LogP contribution in [0.1, 0.15) is 25.0 Å². The molecular formula is C49H35N3. The lowest BCUT2D eigenvalue weighted by molar-refractivity contribution is 0.661. The average molecular weight is 666 g/mol. The number of aromatic nitrogens is 3. The number of benzene rings is 6. The largest absolute Gasteiger partial charge is 0.309 e. The molecule has 1 aliphatic carbocycles. The number of nitrogens with zero attached hydrogens (tertiary/aromatic N) is 3. The highest BCUT2D eigenvalue weighted by atomic mass is 15.0. The molecular weight excluding hydrogens is 631 g/mol. The normalized spacial score (nSPS) is 13.0. The van der Waals surface area contributed by atoms with Crippen molar-refractivity contribution in [1.29, 1.82) is 0 Å². The summed E-state index contributed by atoms with van der Waals surface area (Å²) in [5.41, 5.74) is 17.8. The lowest BCUT2D eigenvalue weighted by Crippen LogP contribution is -2.15. The second kappa shape index (κ2) is 11.8. The van der Waals surface area contributed by atoms with Crippen LogP contribution < -0.4 is 0 Å². The Balaban J connectivity index is 0.929. The predicted octanol–water partition coefficient (Wildman–Crippen LogP) is 12.5. The summed E-state index contributed by atoms with van der Waals surface area (Å²) in [7, 11) is 0. The minimum Gasteiger partial charge on any atom is -0.309 e. The van der Waals surface area contributed by atoms with Crippen LogP contribution in [0.15, 0.2) is 176 Å². The molecule has 3 heteroatoms. The van der Waals surface area contributed by atoms with Gasteiger partial charge in [-0.2, -0.15) is 0 Å². The molecule has 0 spiro atoms. The predicted molar refractivity (Wildman–Crippen MR) is 216 cm³/mol. The first kappa shape index (κ1) is 30.3. The molecule has 0 unspecified atom stereocenters. The van der Waals surface area contributed by atoms with Gasteiger partial charge in [0.1, 0.15) is 0 Å². The molecule has 10 rings (SSSR count). The SMILES string of the molecule is CC1(C)c2cc(-c3ccc(-c4ccc(-c5ccccn5)nc4)cc3)ccc2-c2ccc(-c3ccc(-n4c5ccccc5c5ccccc54)cc3)cc21. The van der Waals surface area contributed by atoms with Gasteiger partial charge in [-0.15, -0.1) is 0 Å². The summed E-state index contributed by atoms with van der Waals surface area (Å²) in [5.74, 6) is 0. The van der Waals surface area contributed by atoms with Gasteiger partial charge >= 0.3 is 0 Å². The minimum absolute atomic E-state index is 0.124. The quantitative estimate of drug-likeness (QED) is 0.183. The summed E-state index contributed by atoms with van der Waals surface area (Å²) in [6.07, 6.45) is 3.73. The molecule has 0 saturated heterocycles.